The zero-order valence-electron chi connectivity index (χ0n) is 13.7. The van der Waals surface area contributed by atoms with Crippen molar-refractivity contribution in [2.75, 3.05) is 54.0 Å². The first-order valence-electron chi connectivity index (χ1n) is 8.62. The van der Waals surface area contributed by atoms with Crippen LogP contribution >= 0.6 is 11.6 Å². The van der Waals surface area contributed by atoms with Crippen LogP contribution in [0.15, 0.2) is 36.7 Å². The zero-order chi connectivity index (χ0) is 16.4. The first-order chi connectivity index (χ1) is 11.8. The Balaban J connectivity index is 1.43. The van der Waals surface area contributed by atoms with Crippen LogP contribution in [0, 0.1) is 0 Å². The Morgan fingerprint density at radius 2 is 1.38 bits per heavy atom. The lowest BCUT2D eigenvalue weighted by atomic mass is 10.2. The van der Waals surface area contributed by atoms with Crippen molar-refractivity contribution in [1.29, 1.82) is 0 Å². The third kappa shape index (κ3) is 3.26. The molecule has 0 N–H and O–H groups in total. The Morgan fingerprint density at radius 1 is 0.750 bits per heavy atom. The summed E-state index contributed by atoms with van der Waals surface area (Å²) in [6, 6.07) is 10.2. The molecule has 24 heavy (non-hydrogen) atoms. The molecule has 0 spiro atoms. The Bertz CT molecular complexity index is 693. The molecule has 2 saturated heterocycles. The highest BCUT2D eigenvalue weighted by molar-refractivity contribution is 6.30. The predicted molar refractivity (Wildman–Crippen MR) is 99.4 cm³/mol. The van der Waals surface area contributed by atoms with E-state index in [9.17, 15) is 0 Å². The fourth-order valence-electron chi connectivity index (χ4n) is 3.50. The molecule has 3 heterocycles. The highest BCUT2D eigenvalue weighted by Crippen LogP contribution is 2.24. The summed E-state index contributed by atoms with van der Waals surface area (Å²) in [7, 11) is 0. The van der Waals surface area contributed by atoms with Gasteiger partial charge in [-0.1, -0.05) is 17.7 Å². The lowest BCUT2D eigenvalue weighted by Gasteiger charge is -2.37. The van der Waals surface area contributed by atoms with Gasteiger partial charge in [-0.05, 0) is 31.0 Å². The number of hydrogen-bond acceptors (Lipinski definition) is 5. The highest BCUT2D eigenvalue weighted by Gasteiger charge is 2.20. The van der Waals surface area contributed by atoms with E-state index in [0.29, 0.717) is 0 Å². The summed E-state index contributed by atoms with van der Waals surface area (Å²) < 4.78 is 0. The number of piperazine rings is 1. The van der Waals surface area contributed by atoms with E-state index < -0.39 is 0 Å². The maximum Gasteiger partial charge on any atom is 0.134 e. The summed E-state index contributed by atoms with van der Waals surface area (Å²) in [6.45, 7) is 6.09. The second kappa shape index (κ2) is 6.85. The average molecular weight is 344 g/mol. The number of benzene rings is 1. The minimum Gasteiger partial charge on any atom is -0.368 e. The zero-order valence-corrected chi connectivity index (χ0v) is 14.5. The molecular weight excluding hydrogens is 322 g/mol. The SMILES string of the molecule is Clc1cccc(N2CCN(c3cc(N4CCCC4)ncn3)CC2)c1. The molecule has 0 bridgehead atoms. The number of anilines is 3. The molecule has 6 heteroatoms. The molecule has 2 aliphatic heterocycles. The minimum absolute atomic E-state index is 0.793. The third-order valence-corrected chi connectivity index (χ3v) is 5.08. The van der Waals surface area contributed by atoms with E-state index in [4.69, 9.17) is 11.6 Å². The van der Waals surface area contributed by atoms with Crippen LogP contribution < -0.4 is 14.7 Å². The number of aromatic nitrogens is 2. The first kappa shape index (κ1) is 15.5. The van der Waals surface area contributed by atoms with E-state index in [1.165, 1.54) is 18.5 Å². The monoisotopic (exact) mass is 343 g/mol. The number of rotatable bonds is 3. The largest absolute Gasteiger partial charge is 0.368 e. The minimum atomic E-state index is 0.793. The standard InChI is InChI=1S/C18H22ClN5/c19-15-4-3-5-16(12-15)22-8-10-24(11-9-22)18-13-17(20-14-21-18)23-6-1-2-7-23/h3-5,12-14H,1-2,6-11H2. The molecule has 5 nitrogen and oxygen atoms in total. The van der Waals surface area contributed by atoms with E-state index in [0.717, 1.165) is 55.9 Å². The van der Waals surface area contributed by atoms with Crippen molar-refractivity contribution in [1.82, 2.24) is 9.97 Å². The molecule has 2 aromatic rings. The predicted octanol–water partition coefficient (Wildman–Crippen LogP) is 3.06. The molecule has 0 saturated carbocycles. The van der Waals surface area contributed by atoms with Gasteiger partial charge in [0.2, 0.25) is 0 Å². The average Bonchev–Trinajstić information content (AvgIpc) is 3.17. The van der Waals surface area contributed by atoms with Crippen molar-refractivity contribution in [2.45, 2.75) is 12.8 Å². The molecule has 0 unspecified atom stereocenters. The fraction of sp³-hybridized carbons (Fsp3) is 0.444. The van der Waals surface area contributed by atoms with Crippen LogP contribution in [-0.2, 0) is 0 Å². The van der Waals surface area contributed by atoms with Crippen LogP contribution in [0.25, 0.3) is 0 Å². The van der Waals surface area contributed by atoms with E-state index >= 15 is 0 Å². The van der Waals surface area contributed by atoms with E-state index in [1.807, 2.05) is 18.2 Å². The van der Waals surface area contributed by atoms with Gasteiger partial charge in [0, 0.05) is 56.0 Å². The summed E-state index contributed by atoms with van der Waals surface area (Å²) in [5.41, 5.74) is 1.20. The Kier molecular flexibility index (Phi) is 4.43. The van der Waals surface area contributed by atoms with Crippen LogP contribution in [0.3, 0.4) is 0 Å². The molecule has 2 fully saturated rings. The van der Waals surface area contributed by atoms with Gasteiger partial charge < -0.3 is 14.7 Å². The topological polar surface area (TPSA) is 35.5 Å². The van der Waals surface area contributed by atoms with Crippen LogP contribution in [-0.4, -0.2) is 49.2 Å². The van der Waals surface area contributed by atoms with Gasteiger partial charge in [-0.25, -0.2) is 9.97 Å². The maximum atomic E-state index is 6.11. The molecule has 2 aliphatic rings. The van der Waals surface area contributed by atoms with Gasteiger partial charge in [0.15, 0.2) is 0 Å². The summed E-state index contributed by atoms with van der Waals surface area (Å²) >= 11 is 6.11. The molecule has 4 rings (SSSR count). The van der Waals surface area contributed by atoms with Gasteiger partial charge in [0.1, 0.15) is 18.0 Å². The van der Waals surface area contributed by atoms with Crippen LogP contribution in [0.4, 0.5) is 17.3 Å². The van der Waals surface area contributed by atoms with E-state index in [2.05, 4.69) is 36.8 Å². The summed E-state index contributed by atoms with van der Waals surface area (Å²) in [4.78, 5) is 16.0. The Morgan fingerprint density at radius 3 is 2.04 bits per heavy atom. The van der Waals surface area contributed by atoms with Crippen molar-refractivity contribution in [3.05, 3.63) is 41.7 Å². The van der Waals surface area contributed by atoms with Crippen molar-refractivity contribution in [3.63, 3.8) is 0 Å². The van der Waals surface area contributed by atoms with Crippen LogP contribution in [0.5, 0.6) is 0 Å². The van der Waals surface area contributed by atoms with Gasteiger partial charge in [0.05, 0.1) is 0 Å². The molecule has 0 aliphatic carbocycles. The normalized spacial score (nSPS) is 18.3. The van der Waals surface area contributed by atoms with Crippen molar-refractivity contribution in [2.24, 2.45) is 0 Å². The number of hydrogen-bond donors (Lipinski definition) is 0. The number of nitrogens with zero attached hydrogens (tertiary/aromatic N) is 5. The molecule has 126 valence electrons. The van der Waals surface area contributed by atoms with Crippen molar-refractivity contribution < 1.29 is 0 Å². The molecule has 1 aromatic carbocycles. The molecule has 0 amide bonds. The molecule has 0 radical (unpaired) electrons. The van der Waals surface area contributed by atoms with Crippen molar-refractivity contribution in [3.8, 4) is 0 Å². The molecule has 1 aromatic heterocycles. The second-order valence-electron chi connectivity index (χ2n) is 6.38. The van der Waals surface area contributed by atoms with Gasteiger partial charge in [0.25, 0.3) is 0 Å². The van der Waals surface area contributed by atoms with Gasteiger partial charge in [-0.2, -0.15) is 0 Å². The lowest BCUT2D eigenvalue weighted by Crippen LogP contribution is -2.46. The van der Waals surface area contributed by atoms with Gasteiger partial charge in [-0.3, -0.25) is 0 Å². The second-order valence-corrected chi connectivity index (χ2v) is 6.82. The van der Waals surface area contributed by atoms with Crippen LogP contribution in [0.1, 0.15) is 12.8 Å². The summed E-state index contributed by atoms with van der Waals surface area (Å²) in [5, 5.41) is 0.793. The molecule has 0 atom stereocenters. The van der Waals surface area contributed by atoms with E-state index in [-0.39, 0.29) is 0 Å². The Hall–Kier alpha value is -2.01. The fourth-order valence-corrected chi connectivity index (χ4v) is 3.68. The van der Waals surface area contributed by atoms with Gasteiger partial charge in [-0.15, -0.1) is 0 Å². The number of halogens is 1. The molecular formula is C18H22ClN5. The van der Waals surface area contributed by atoms with E-state index in [1.54, 1.807) is 6.33 Å². The van der Waals surface area contributed by atoms with Crippen LogP contribution in [0.2, 0.25) is 5.02 Å². The third-order valence-electron chi connectivity index (χ3n) is 4.85. The lowest BCUT2D eigenvalue weighted by molar-refractivity contribution is 0.646. The van der Waals surface area contributed by atoms with Crippen molar-refractivity contribution >= 4 is 28.9 Å². The smallest absolute Gasteiger partial charge is 0.134 e. The summed E-state index contributed by atoms with van der Waals surface area (Å²) in [5.74, 6) is 2.10. The highest BCUT2D eigenvalue weighted by atomic mass is 35.5. The van der Waals surface area contributed by atoms with Gasteiger partial charge >= 0.3 is 0 Å². The Labute approximate surface area is 147 Å². The first-order valence-corrected chi connectivity index (χ1v) is 9.00. The maximum absolute atomic E-state index is 6.11. The summed E-state index contributed by atoms with van der Waals surface area (Å²) in [6.07, 6.45) is 4.22. The quantitative estimate of drug-likeness (QED) is 0.856.